The zero-order chi connectivity index (χ0) is 14.8. The van der Waals surface area contributed by atoms with Crippen molar-refractivity contribution < 1.29 is 8.76 Å². The van der Waals surface area contributed by atoms with Gasteiger partial charge in [-0.2, -0.15) is 0 Å². The lowest BCUT2D eigenvalue weighted by molar-refractivity contribution is 0.472. The van der Waals surface area contributed by atoms with Gasteiger partial charge in [0.15, 0.2) is 11.1 Å². The largest absolute Gasteiger partial charge is 0.310 e. The Morgan fingerprint density at radius 1 is 1.30 bits per heavy atom. The molecule has 0 spiro atoms. The van der Waals surface area contributed by atoms with E-state index in [1.54, 1.807) is 0 Å². The smallest absolute Gasteiger partial charge is 0.152 e. The third kappa shape index (κ3) is 8.25. The van der Waals surface area contributed by atoms with E-state index in [-0.39, 0.29) is 0 Å². The average molecular weight is 295 g/mol. The van der Waals surface area contributed by atoms with Crippen molar-refractivity contribution in [3.05, 3.63) is 42.0 Å². The van der Waals surface area contributed by atoms with E-state index in [1.807, 2.05) is 18.2 Å². The molecule has 1 aromatic rings. The minimum Gasteiger partial charge on any atom is -0.310 e. The molecule has 0 aliphatic heterocycles. The molecule has 0 heterocycles. The van der Waals surface area contributed by atoms with Gasteiger partial charge in [0.1, 0.15) is 0 Å². The van der Waals surface area contributed by atoms with Crippen LogP contribution in [-0.4, -0.2) is 27.1 Å². The van der Waals surface area contributed by atoms with Crippen LogP contribution in [0.25, 0.3) is 6.08 Å². The van der Waals surface area contributed by atoms with Gasteiger partial charge in [-0.3, -0.25) is 0 Å². The minimum absolute atomic E-state index is 0.308. The fraction of sp³-hybridized carbons (Fsp3) is 0.500. The van der Waals surface area contributed by atoms with Crippen LogP contribution in [0, 0.1) is 5.92 Å². The fourth-order valence-corrected chi connectivity index (χ4v) is 2.40. The second kappa shape index (κ2) is 9.86. The van der Waals surface area contributed by atoms with Crippen molar-refractivity contribution in [3.8, 4) is 0 Å². The van der Waals surface area contributed by atoms with Crippen LogP contribution in [-0.2, 0) is 11.1 Å². The van der Waals surface area contributed by atoms with E-state index >= 15 is 0 Å². The summed E-state index contributed by atoms with van der Waals surface area (Å²) in [5, 5.41) is 3.44. The van der Waals surface area contributed by atoms with Gasteiger partial charge in [0.25, 0.3) is 0 Å². The van der Waals surface area contributed by atoms with Crippen LogP contribution in [0.2, 0.25) is 0 Å². The number of hydrogen-bond donors (Lipinski definition) is 2. The topological polar surface area (TPSA) is 49.3 Å². The van der Waals surface area contributed by atoms with Gasteiger partial charge in [-0.05, 0) is 30.9 Å². The average Bonchev–Trinajstić information content (AvgIpc) is 2.41. The third-order valence-corrected chi connectivity index (χ3v) is 3.59. The summed E-state index contributed by atoms with van der Waals surface area (Å²) in [5.41, 5.74) is 1.19. The van der Waals surface area contributed by atoms with E-state index in [9.17, 15) is 4.21 Å². The summed E-state index contributed by atoms with van der Waals surface area (Å²) in [6.45, 7) is 5.17. The molecule has 1 rings (SSSR count). The first kappa shape index (κ1) is 17.1. The standard InChI is InChI=1S/C16H25NO2S/c1-14(2)13-16(17-11-6-12-20(18)19)10-9-15-7-4-3-5-8-15/h3-5,7-10,14,16-17H,6,11-13H2,1-2H3,(H,18,19)/b10-9+. The Hall–Kier alpha value is -0.970. The molecule has 4 heteroatoms. The van der Waals surface area contributed by atoms with E-state index in [4.69, 9.17) is 4.55 Å². The molecule has 112 valence electrons. The normalized spacial score (nSPS) is 14.8. The number of rotatable bonds is 9. The molecule has 0 saturated carbocycles. The summed E-state index contributed by atoms with van der Waals surface area (Å²) >= 11 is -1.68. The number of hydrogen-bond acceptors (Lipinski definition) is 2. The zero-order valence-corrected chi connectivity index (χ0v) is 13.1. The molecule has 3 nitrogen and oxygen atoms in total. The molecular weight excluding hydrogens is 270 g/mol. The predicted octanol–water partition coefficient (Wildman–Crippen LogP) is 3.32. The first-order valence-electron chi connectivity index (χ1n) is 7.12. The van der Waals surface area contributed by atoms with E-state index in [0.29, 0.717) is 17.7 Å². The lowest BCUT2D eigenvalue weighted by atomic mass is 10.0. The molecule has 0 aromatic heterocycles. The van der Waals surface area contributed by atoms with Gasteiger partial charge in [0.05, 0.1) is 5.75 Å². The summed E-state index contributed by atoms with van der Waals surface area (Å²) in [6.07, 6.45) is 6.10. The minimum atomic E-state index is -1.68. The molecule has 20 heavy (non-hydrogen) atoms. The van der Waals surface area contributed by atoms with Gasteiger partial charge < -0.3 is 9.87 Å². The van der Waals surface area contributed by atoms with Crippen molar-refractivity contribution >= 4 is 17.2 Å². The molecule has 0 amide bonds. The summed E-state index contributed by atoms with van der Waals surface area (Å²) in [6, 6.07) is 10.5. The molecular formula is C16H25NO2S. The summed E-state index contributed by atoms with van der Waals surface area (Å²) < 4.78 is 19.3. The first-order chi connectivity index (χ1) is 9.58. The Labute approximate surface area is 124 Å². The maximum absolute atomic E-state index is 10.6. The van der Waals surface area contributed by atoms with Crippen molar-refractivity contribution in [1.29, 1.82) is 0 Å². The Morgan fingerprint density at radius 3 is 2.60 bits per heavy atom. The van der Waals surface area contributed by atoms with Crippen LogP contribution < -0.4 is 5.32 Å². The highest BCUT2D eigenvalue weighted by atomic mass is 32.2. The Morgan fingerprint density at radius 2 is 2.00 bits per heavy atom. The van der Waals surface area contributed by atoms with E-state index in [1.165, 1.54) is 5.56 Å². The Kier molecular flexibility index (Phi) is 8.42. The molecule has 0 radical (unpaired) electrons. The monoisotopic (exact) mass is 295 g/mol. The third-order valence-electron chi connectivity index (χ3n) is 2.95. The van der Waals surface area contributed by atoms with Gasteiger partial charge in [-0.15, -0.1) is 0 Å². The highest BCUT2D eigenvalue weighted by Crippen LogP contribution is 2.09. The van der Waals surface area contributed by atoms with Gasteiger partial charge >= 0.3 is 0 Å². The van der Waals surface area contributed by atoms with Crippen LogP contribution in [0.5, 0.6) is 0 Å². The van der Waals surface area contributed by atoms with Gasteiger partial charge in [0.2, 0.25) is 0 Å². The van der Waals surface area contributed by atoms with E-state index < -0.39 is 11.1 Å². The summed E-state index contributed by atoms with van der Waals surface area (Å²) in [4.78, 5) is 0. The fourth-order valence-electron chi connectivity index (χ4n) is 2.01. The lowest BCUT2D eigenvalue weighted by Gasteiger charge is -2.17. The second-order valence-electron chi connectivity index (χ2n) is 5.34. The molecule has 2 atom stereocenters. The van der Waals surface area contributed by atoms with Crippen LogP contribution >= 0.6 is 0 Å². The molecule has 0 bridgehead atoms. The predicted molar refractivity (Wildman–Crippen MR) is 87.0 cm³/mol. The lowest BCUT2D eigenvalue weighted by Crippen LogP contribution is -2.30. The van der Waals surface area contributed by atoms with Crippen LogP contribution in [0.15, 0.2) is 36.4 Å². The Bertz CT molecular complexity index is 418. The van der Waals surface area contributed by atoms with Gasteiger partial charge in [-0.25, -0.2) is 4.21 Å². The highest BCUT2D eigenvalue weighted by molar-refractivity contribution is 7.79. The van der Waals surface area contributed by atoms with Crippen molar-refractivity contribution in [2.24, 2.45) is 5.92 Å². The molecule has 2 N–H and O–H groups in total. The van der Waals surface area contributed by atoms with Crippen molar-refractivity contribution in [3.63, 3.8) is 0 Å². The van der Waals surface area contributed by atoms with Gasteiger partial charge in [-0.1, -0.05) is 56.3 Å². The molecule has 1 aromatic carbocycles. The first-order valence-corrected chi connectivity index (χ1v) is 8.39. The van der Waals surface area contributed by atoms with E-state index in [0.717, 1.165) is 19.4 Å². The SMILES string of the molecule is CC(C)CC(/C=C/c1ccccc1)NCCCS(=O)O. The Balaban J connectivity index is 2.47. The summed E-state index contributed by atoms with van der Waals surface area (Å²) in [7, 11) is 0. The second-order valence-corrected chi connectivity index (χ2v) is 6.39. The maximum atomic E-state index is 10.6. The molecule has 0 fully saturated rings. The van der Waals surface area contributed by atoms with Crippen LogP contribution in [0.1, 0.15) is 32.3 Å². The number of nitrogens with one attached hydrogen (secondary N) is 1. The van der Waals surface area contributed by atoms with Crippen molar-refractivity contribution in [2.45, 2.75) is 32.7 Å². The van der Waals surface area contributed by atoms with Crippen molar-refractivity contribution in [2.75, 3.05) is 12.3 Å². The maximum Gasteiger partial charge on any atom is 0.152 e. The van der Waals surface area contributed by atoms with Crippen LogP contribution in [0.3, 0.4) is 0 Å². The molecule has 0 saturated heterocycles. The zero-order valence-electron chi connectivity index (χ0n) is 12.3. The quantitative estimate of drug-likeness (QED) is 0.543. The van der Waals surface area contributed by atoms with Crippen LogP contribution in [0.4, 0.5) is 0 Å². The highest BCUT2D eigenvalue weighted by Gasteiger charge is 2.06. The number of benzene rings is 1. The summed E-state index contributed by atoms with van der Waals surface area (Å²) in [5.74, 6) is 0.948. The molecule has 0 aliphatic rings. The molecule has 0 aliphatic carbocycles. The van der Waals surface area contributed by atoms with E-state index in [2.05, 4.69) is 43.4 Å². The van der Waals surface area contributed by atoms with Crippen molar-refractivity contribution in [1.82, 2.24) is 5.32 Å². The van der Waals surface area contributed by atoms with Gasteiger partial charge in [0, 0.05) is 6.04 Å². The molecule has 2 unspecified atom stereocenters.